The summed E-state index contributed by atoms with van der Waals surface area (Å²) < 4.78 is 9.76. The molecule has 0 aliphatic rings. The molecule has 0 aromatic heterocycles. The van der Waals surface area contributed by atoms with Crippen molar-refractivity contribution in [1.82, 2.24) is 5.32 Å². The summed E-state index contributed by atoms with van der Waals surface area (Å²) in [5, 5.41) is 2.91. The molecule has 0 bridgehead atoms. The zero-order chi connectivity index (χ0) is 12.7. The molecule has 5 nitrogen and oxygen atoms in total. The molecule has 0 aliphatic carbocycles. The standard InChI is InChI=1S/C11H12ClNO4/c1-13-10(14)6-17-11(15)7-16-9-4-2-8(12)3-5-9/h2-5H,6-7H2,1H3,(H,13,14). The molecular formula is C11H12ClNO4. The lowest BCUT2D eigenvalue weighted by Crippen LogP contribution is -2.26. The highest BCUT2D eigenvalue weighted by Gasteiger charge is 2.06. The Labute approximate surface area is 104 Å². The van der Waals surface area contributed by atoms with Crippen LogP contribution < -0.4 is 10.1 Å². The van der Waals surface area contributed by atoms with E-state index < -0.39 is 5.97 Å². The smallest absolute Gasteiger partial charge is 0.344 e. The minimum absolute atomic E-state index is 0.251. The van der Waals surface area contributed by atoms with Crippen LogP contribution >= 0.6 is 11.6 Å². The highest BCUT2D eigenvalue weighted by atomic mass is 35.5. The maximum Gasteiger partial charge on any atom is 0.344 e. The molecule has 0 radical (unpaired) electrons. The van der Waals surface area contributed by atoms with Gasteiger partial charge in [-0.3, -0.25) is 4.79 Å². The molecule has 1 aromatic carbocycles. The van der Waals surface area contributed by atoms with E-state index in [1.807, 2.05) is 0 Å². The van der Waals surface area contributed by atoms with Crippen LogP contribution in [-0.2, 0) is 14.3 Å². The third-order valence-corrected chi connectivity index (χ3v) is 2.07. The van der Waals surface area contributed by atoms with Crippen LogP contribution in [0.3, 0.4) is 0 Å². The molecule has 1 amide bonds. The molecule has 1 N–H and O–H groups in total. The van der Waals surface area contributed by atoms with Crippen molar-refractivity contribution in [3.05, 3.63) is 29.3 Å². The van der Waals surface area contributed by atoms with E-state index in [-0.39, 0.29) is 19.1 Å². The van der Waals surface area contributed by atoms with Gasteiger partial charge in [-0.2, -0.15) is 0 Å². The molecule has 6 heteroatoms. The normalized spacial score (nSPS) is 9.53. The van der Waals surface area contributed by atoms with E-state index in [0.29, 0.717) is 10.8 Å². The van der Waals surface area contributed by atoms with Gasteiger partial charge in [-0.05, 0) is 24.3 Å². The largest absolute Gasteiger partial charge is 0.482 e. The molecule has 0 atom stereocenters. The van der Waals surface area contributed by atoms with Gasteiger partial charge < -0.3 is 14.8 Å². The van der Waals surface area contributed by atoms with E-state index in [4.69, 9.17) is 16.3 Å². The Bertz CT molecular complexity index is 391. The van der Waals surface area contributed by atoms with Crippen LogP contribution in [0.15, 0.2) is 24.3 Å². The second-order valence-electron chi connectivity index (χ2n) is 3.08. The molecule has 0 unspecified atom stereocenters. The fourth-order valence-corrected chi connectivity index (χ4v) is 1.06. The average molecular weight is 258 g/mol. The molecule has 92 valence electrons. The monoisotopic (exact) mass is 257 g/mol. The average Bonchev–Trinajstić information content (AvgIpc) is 2.35. The summed E-state index contributed by atoms with van der Waals surface area (Å²) >= 11 is 5.68. The van der Waals surface area contributed by atoms with Crippen LogP contribution in [0.5, 0.6) is 5.75 Å². The fourth-order valence-electron chi connectivity index (χ4n) is 0.933. The Morgan fingerprint density at radius 1 is 1.24 bits per heavy atom. The maximum absolute atomic E-state index is 11.2. The van der Waals surface area contributed by atoms with Crippen molar-refractivity contribution >= 4 is 23.5 Å². The number of nitrogens with one attached hydrogen (secondary N) is 1. The number of ether oxygens (including phenoxy) is 2. The third-order valence-electron chi connectivity index (χ3n) is 1.81. The summed E-state index contributed by atoms with van der Waals surface area (Å²) in [5.41, 5.74) is 0. The zero-order valence-electron chi connectivity index (χ0n) is 9.23. The van der Waals surface area contributed by atoms with Crippen molar-refractivity contribution in [3.8, 4) is 5.75 Å². The molecule has 0 saturated heterocycles. The highest BCUT2D eigenvalue weighted by Crippen LogP contribution is 2.15. The van der Waals surface area contributed by atoms with Gasteiger partial charge >= 0.3 is 5.97 Å². The number of esters is 1. The van der Waals surface area contributed by atoms with Crippen LogP contribution in [0.4, 0.5) is 0 Å². The predicted molar refractivity (Wildman–Crippen MR) is 62.0 cm³/mol. The van der Waals surface area contributed by atoms with Gasteiger partial charge in [-0.15, -0.1) is 0 Å². The first-order chi connectivity index (χ1) is 8.11. The van der Waals surface area contributed by atoms with E-state index >= 15 is 0 Å². The summed E-state index contributed by atoms with van der Waals surface area (Å²) in [7, 11) is 1.46. The number of hydrogen-bond donors (Lipinski definition) is 1. The summed E-state index contributed by atoms with van der Waals surface area (Å²) in [6.45, 7) is -0.558. The lowest BCUT2D eigenvalue weighted by molar-refractivity contribution is -0.150. The Hall–Kier alpha value is -1.75. The predicted octanol–water partition coefficient (Wildman–Crippen LogP) is 1.01. The number of carbonyl (C=O) groups is 2. The SMILES string of the molecule is CNC(=O)COC(=O)COc1ccc(Cl)cc1. The first kappa shape index (κ1) is 13.3. The maximum atomic E-state index is 11.2. The van der Waals surface area contributed by atoms with Gasteiger partial charge in [0, 0.05) is 12.1 Å². The van der Waals surface area contributed by atoms with Gasteiger partial charge in [-0.1, -0.05) is 11.6 Å². The van der Waals surface area contributed by atoms with E-state index in [1.165, 1.54) is 7.05 Å². The molecule has 1 aromatic rings. The minimum atomic E-state index is -0.608. The number of carbonyl (C=O) groups excluding carboxylic acids is 2. The molecule has 0 saturated carbocycles. The number of likely N-dealkylation sites (N-methyl/N-ethyl adjacent to an activating group) is 1. The number of benzene rings is 1. The Balaban J connectivity index is 2.28. The number of halogens is 1. The third kappa shape index (κ3) is 5.21. The molecule has 0 heterocycles. The van der Waals surface area contributed by atoms with Crippen LogP contribution in [0, 0.1) is 0 Å². The lowest BCUT2D eigenvalue weighted by atomic mass is 10.3. The number of hydrogen-bond acceptors (Lipinski definition) is 4. The van der Waals surface area contributed by atoms with Crippen LogP contribution in [0.1, 0.15) is 0 Å². The number of amides is 1. The lowest BCUT2D eigenvalue weighted by Gasteiger charge is -2.06. The summed E-state index contributed by atoms with van der Waals surface area (Å²) in [4.78, 5) is 21.9. The second kappa shape index (κ2) is 6.75. The topological polar surface area (TPSA) is 64.6 Å². The van der Waals surface area contributed by atoms with E-state index in [1.54, 1.807) is 24.3 Å². The van der Waals surface area contributed by atoms with Gasteiger partial charge in [-0.25, -0.2) is 4.79 Å². The van der Waals surface area contributed by atoms with E-state index in [9.17, 15) is 9.59 Å². The van der Waals surface area contributed by atoms with Crippen molar-refractivity contribution < 1.29 is 19.1 Å². The summed E-state index contributed by atoms with van der Waals surface area (Å²) in [6.07, 6.45) is 0. The minimum Gasteiger partial charge on any atom is -0.482 e. The Morgan fingerprint density at radius 2 is 1.88 bits per heavy atom. The van der Waals surface area contributed by atoms with Gasteiger partial charge in [0.25, 0.3) is 5.91 Å². The van der Waals surface area contributed by atoms with Crippen LogP contribution in [0.25, 0.3) is 0 Å². The van der Waals surface area contributed by atoms with Crippen LogP contribution in [0.2, 0.25) is 5.02 Å². The van der Waals surface area contributed by atoms with Gasteiger partial charge in [0.05, 0.1) is 0 Å². The van der Waals surface area contributed by atoms with Gasteiger partial charge in [0.15, 0.2) is 13.2 Å². The van der Waals surface area contributed by atoms with Gasteiger partial charge in [0.2, 0.25) is 0 Å². The molecule has 1 rings (SSSR count). The second-order valence-corrected chi connectivity index (χ2v) is 3.51. The van der Waals surface area contributed by atoms with E-state index in [0.717, 1.165) is 0 Å². The fraction of sp³-hybridized carbons (Fsp3) is 0.273. The first-order valence-electron chi connectivity index (χ1n) is 4.86. The molecule has 0 spiro atoms. The van der Waals surface area contributed by atoms with E-state index in [2.05, 4.69) is 10.1 Å². The number of rotatable bonds is 5. The first-order valence-corrected chi connectivity index (χ1v) is 5.24. The zero-order valence-corrected chi connectivity index (χ0v) is 9.99. The molecular weight excluding hydrogens is 246 g/mol. The summed E-state index contributed by atoms with van der Waals surface area (Å²) in [6, 6.07) is 6.56. The van der Waals surface area contributed by atoms with Crippen molar-refractivity contribution in [2.75, 3.05) is 20.3 Å². The van der Waals surface area contributed by atoms with Gasteiger partial charge in [0.1, 0.15) is 5.75 Å². The van der Waals surface area contributed by atoms with Crippen molar-refractivity contribution in [1.29, 1.82) is 0 Å². The molecule has 0 fully saturated rings. The van der Waals surface area contributed by atoms with Crippen molar-refractivity contribution in [3.63, 3.8) is 0 Å². The Morgan fingerprint density at radius 3 is 2.47 bits per heavy atom. The summed E-state index contributed by atoms with van der Waals surface area (Å²) in [5.74, 6) is -0.473. The molecule has 0 aliphatic heterocycles. The Kier molecular flexibility index (Phi) is 5.29. The van der Waals surface area contributed by atoms with Crippen molar-refractivity contribution in [2.45, 2.75) is 0 Å². The molecule has 17 heavy (non-hydrogen) atoms. The van der Waals surface area contributed by atoms with Crippen molar-refractivity contribution in [2.24, 2.45) is 0 Å². The van der Waals surface area contributed by atoms with Crippen LogP contribution in [-0.4, -0.2) is 32.1 Å². The quantitative estimate of drug-likeness (QED) is 0.800. The highest BCUT2D eigenvalue weighted by molar-refractivity contribution is 6.30.